The van der Waals surface area contributed by atoms with Gasteiger partial charge >= 0.3 is 6.03 Å². The Hall–Kier alpha value is -2.90. The van der Waals surface area contributed by atoms with Crippen molar-refractivity contribution in [2.75, 3.05) is 51.1 Å². The molecule has 0 saturated carbocycles. The van der Waals surface area contributed by atoms with Crippen LogP contribution in [-0.4, -0.2) is 72.5 Å². The van der Waals surface area contributed by atoms with Gasteiger partial charge in [-0.3, -0.25) is 9.69 Å². The number of likely N-dealkylation sites (N-methyl/N-ethyl adjacent to an activating group) is 1. The third-order valence-corrected chi connectivity index (χ3v) is 6.91. The Labute approximate surface area is 203 Å². The minimum atomic E-state index is -0.170. The third-order valence-electron chi connectivity index (χ3n) is 6.91. The lowest BCUT2D eigenvalue weighted by Gasteiger charge is -2.34. The molecule has 0 spiro atoms. The Morgan fingerprint density at radius 3 is 2.26 bits per heavy atom. The van der Waals surface area contributed by atoms with Gasteiger partial charge in [0.15, 0.2) is 0 Å². The number of likely N-dealkylation sites (tertiary alicyclic amines) is 1. The molecule has 2 heterocycles. The molecule has 7 heteroatoms. The van der Waals surface area contributed by atoms with Crippen molar-refractivity contribution in [2.24, 2.45) is 5.92 Å². The van der Waals surface area contributed by atoms with Crippen LogP contribution in [0.3, 0.4) is 0 Å². The maximum absolute atomic E-state index is 12.8. The summed E-state index contributed by atoms with van der Waals surface area (Å²) in [4.78, 5) is 32.1. The summed E-state index contributed by atoms with van der Waals surface area (Å²) in [6, 6.07) is 17.8. The topological polar surface area (TPSA) is 67.9 Å². The van der Waals surface area contributed by atoms with Crippen LogP contribution in [0.5, 0.6) is 0 Å². The SMILES string of the molecule is CCN1CCN(Cc2ccc(CNC(=O)C3CCCN(C(=O)Nc4ccccc4)C3)cc2)CC1. The molecule has 2 N–H and O–H groups in total. The molecule has 2 aliphatic heterocycles. The van der Waals surface area contributed by atoms with Gasteiger partial charge in [-0.25, -0.2) is 4.79 Å². The van der Waals surface area contributed by atoms with Crippen LogP contribution < -0.4 is 10.6 Å². The summed E-state index contributed by atoms with van der Waals surface area (Å²) in [5.74, 6) is -0.147. The van der Waals surface area contributed by atoms with E-state index in [9.17, 15) is 9.59 Å². The molecule has 7 nitrogen and oxygen atoms in total. The second-order valence-electron chi connectivity index (χ2n) is 9.33. The highest BCUT2D eigenvalue weighted by atomic mass is 16.2. The molecule has 4 rings (SSSR count). The number of nitrogens with zero attached hydrogens (tertiary/aromatic N) is 3. The molecule has 0 aromatic heterocycles. The van der Waals surface area contributed by atoms with E-state index in [2.05, 4.69) is 51.6 Å². The van der Waals surface area contributed by atoms with Crippen molar-refractivity contribution in [3.8, 4) is 0 Å². The van der Waals surface area contributed by atoms with E-state index in [1.54, 1.807) is 4.90 Å². The van der Waals surface area contributed by atoms with Gasteiger partial charge in [0.2, 0.25) is 5.91 Å². The number of para-hydroxylation sites is 1. The summed E-state index contributed by atoms with van der Waals surface area (Å²) in [5, 5.41) is 5.99. The number of carbonyl (C=O) groups is 2. The molecule has 2 fully saturated rings. The van der Waals surface area contributed by atoms with Crippen LogP contribution >= 0.6 is 0 Å². The summed E-state index contributed by atoms with van der Waals surface area (Å²) in [7, 11) is 0. The van der Waals surface area contributed by atoms with Crippen LogP contribution in [0.25, 0.3) is 0 Å². The maximum atomic E-state index is 12.8. The predicted octanol–water partition coefficient (Wildman–Crippen LogP) is 3.38. The minimum absolute atomic E-state index is 0.0232. The van der Waals surface area contributed by atoms with Crippen LogP contribution in [-0.2, 0) is 17.9 Å². The first-order valence-corrected chi connectivity index (χ1v) is 12.5. The molecule has 2 aromatic carbocycles. The maximum Gasteiger partial charge on any atom is 0.321 e. The lowest BCUT2D eigenvalue weighted by atomic mass is 9.97. The summed E-state index contributed by atoms with van der Waals surface area (Å²) in [5.41, 5.74) is 3.18. The number of rotatable bonds is 7. The summed E-state index contributed by atoms with van der Waals surface area (Å²) in [6.07, 6.45) is 1.65. The van der Waals surface area contributed by atoms with Gasteiger partial charge in [-0.2, -0.15) is 0 Å². The molecule has 0 aliphatic carbocycles. The van der Waals surface area contributed by atoms with Gasteiger partial charge < -0.3 is 20.4 Å². The smallest absolute Gasteiger partial charge is 0.321 e. The average Bonchev–Trinajstić information content (AvgIpc) is 2.89. The predicted molar refractivity (Wildman–Crippen MR) is 135 cm³/mol. The zero-order chi connectivity index (χ0) is 23.8. The van der Waals surface area contributed by atoms with E-state index in [1.165, 1.54) is 5.56 Å². The van der Waals surface area contributed by atoms with Gasteiger partial charge in [-0.1, -0.05) is 49.4 Å². The quantitative estimate of drug-likeness (QED) is 0.661. The fraction of sp³-hybridized carbons (Fsp3) is 0.481. The van der Waals surface area contributed by atoms with Crippen LogP contribution in [0.1, 0.15) is 30.9 Å². The number of hydrogen-bond acceptors (Lipinski definition) is 4. The first kappa shape index (κ1) is 24.2. The summed E-state index contributed by atoms with van der Waals surface area (Å²) in [6.45, 7) is 10.5. The molecule has 34 heavy (non-hydrogen) atoms. The highest BCUT2D eigenvalue weighted by molar-refractivity contribution is 5.90. The van der Waals surface area contributed by atoms with Crippen LogP contribution in [0.15, 0.2) is 54.6 Å². The van der Waals surface area contributed by atoms with Gasteiger partial charge in [0.1, 0.15) is 0 Å². The molecule has 2 saturated heterocycles. The van der Waals surface area contributed by atoms with E-state index in [0.717, 1.165) is 63.4 Å². The van der Waals surface area contributed by atoms with E-state index in [4.69, 9.17) is 0 Å². The fourth-order valence-corrected chi connectivity index (χ4v) is 4.72. The standard InChI is InChI=1S/C27H37N5O2/c1-2-30-15-17-31(18-16-30)20-23-12-10-22(11-13-23)19-28-26(33)24-7-6-14-32(21-24)27(34)29-25-8-4-3-5-9-25/h3-5,8-13,24H,2,6-7,14-21H2,1H3,(H,28,33)(H,29,34). The van der Waals surface area contributed by atoms with Gasteiger partial charge in [0, 0.05) is 58.0 Å². The molecule has 0 radical (unpaired) electrons. The molecule has 182 valence electrons. The van der Waals surface area contributed by atoms with Crippen molar-refractivity contribution in [3.05, 3.63) is 65.7 Å². The Balaban J connectivity index is 1.21. The van der Waals surface area contributed by atoms with Crippen molar-refractivity contribution in [1.82, 2.24) is 20.0 Å². The van der Waals surface area contributed by atoms with Crippen LogP contribution in [0, 0.1) is 5.92 Å². The Bertz CT molecular complexity index is 926. The number of piperidine rings is 1. The van der Waals surface area contributed by atoms with E-state index < -0.39 is 0 Å². The first-order chi connectivity index (χ1) is 16.6. The number of benzene rings is 2. The summed E-state index contributed by atoms with van der Waals surface area (Å²) >= 11 is 0. The normalized spacial score (nSPS) is 19.6. The minimum Gasteiger partial charge on any atom is -0.352 e. The number of nitrogens with one attached hydrogen (secondary N) is 2. The zero-order valence-electron chi connectivity index (χ0n) is 20.2. The monoisotopic (exact) mass is 463 g/mol. The van der Waals surface area contributed by atoms with Crippen molar-refractivity contribution in [3.63, 3.8) is 0 Å². The number of carbonyl (C=O) groups excluding carboxylic acids is 2. The molecule has 1 atom stereocenters. The number of amides is 3. The molecule has 0 bridgehead atoms. The van der Waals surface area contributed by atoms with E-state index >= 15 is 0 Å². The molecule has 2 aliphatic rings. The van der Waals surface area contributed by atoms with Crippen molar-refractivity contribution in [1.29, 1.82) is 0 Å². The Morgan fingerprint density at radius 2 is 1.56 bits per heavy atom. The van der Waals surface area contributed by atoms with Crippen LogP contribution in [0.2, 0.25) is 0 Å². The Morgan fingerprint density at radius 1 is 0.882 bits per heavy atom. The molecular formula is C27H37N5O2. The van der Waals surface area contributed by atoms with Crippen molar-refractivity contribution >= 4 is 17.6 Å². The van der Waals surface area contributed by atoms with Crippen molar-refractivity contribution < 1.29 is 9.59 Å². The van der Waals surface area contributed by atoms with E-state index in [-0.39, 0.29) is 17.9 Å². The lowest BCUT2D eigenvalue weighted by molar-refractivity contribution is -0.126. The molecule has 1 unspecified atom stereocenters. The van der Waals surface area contributed by atoms with Gasteiger partial charge in [0.25, 0.3) is 0 Å². The molecular weight excluding hydrogens is 426 g/mol. The summed E-state index contributed by atoms with van der Waals surface area (Å²) < 4.78 is 0. The highest BCUT2D eigenvalue weighted by Crippen LogP contribution is 2.18. The lowest BCUT2D eigenvalue weighted by Crippen LogP contribution is -2.46. The van der Waals surface area contributed by atoms with Gasteiger partial charge in [-0.15, -0.1) is 0 Å². The molecule has 3 amide bonds. The van der Waals surface area contributed by atoms with Crippen molar-refractivity contribution in [2.45, 2.75) is 32.9 Å². The number of anilines is 1. The third kappa shape index (κ3) is 6.81. The van der Waals surface area contributed by atoms with Gasteiger partial charge in [-0.05, 0) is 42.6 Å². The largest absolute Gasteiger partial charge is 0.352 e. The van der Waals surface area contributed by atoms with Crippen LogP contribution in [0.4, 0.5) is 10.5 Å². The number of urea groups is 1. The highest BCUT2D eigenvalue weighted by Gasteiger charge is 2.28. The number of piperazine rings is 1. The first-order valence-electron chi connectivity index (χ1n) is 12.5. The second-order valence-corrected chi connectivity index (χ2v) is 9.33. The van der Waals surface area contributed by atoms with E-state index in [1.807, 2.05) is 30.3 Å². The fourth-order valence-electron chi connectivity index (χ4n) is 4.72. The average molecular weight is 464 g/mol. The molecule has 2 aromatic rings. The van der Waals surface area contributed by atoms with Gasteiger partial charge in [0.05, 0.1) is 5.92 Å². The van der Waals surface area contributed by atoms with E-state index in [0.29, 0.717) is 19.6 Å². The number of hydrogen-bond donors (Lipinski definition) is 2. The zero-order valence-corrected chi connectivity index (χ0v) is 20.2. The second kappa shape index (κ2) is 12.0. The Kier molecular flexibility index (Phi) is 8.55.